The van der Waals surface area contributed by atoms with Crippen LogP contribution >= 0.6 is 0 Å². The molecule has 0 aliphatic heterocycles. The summed E-state index contributed by atoms with van der Waals surface area (Å²) in [5.41, 5.74) is -0.627. The van der Waals surface area contributed by atoms with Gasteiger partial charge in [-0.3, -0.25) is 14.4 Å². The van der Waals surface area contributed by atoms with E-state index in [1.807, 2.05) is 6.92 Å². The molecule has 0 bridgehead atoms. The number of rotatable bonds is 6. The highest BCUT2D eigenvalue weighted by Gasteiger charge is 2.66. The molecule has 36 heavy (non-hydrogen) atoms. The standard InChI is InChI=1S/C24H34O5.C5H14NO/c1-13(4-7-21(28)29)16-5-6-17-22-18(12-20(27)24(16,17)3)23(2)9-8-15(25)10-14(23)11-19(22)26;1-6(2,3)4-5-7/h13-14,16-18,22H,4-12H2,1-3H3,(H,28,29);7H,4-5H2,1-3H3/q;+1/p-1/t13-,14+,16-,17+,18+,22+,23+,24-;/m1./s1. The second kappa shape index (κ2) is 10.6. The van der Waals surface area contributed by atoms with E-state index < -0.39 is 11.4 Å². The van der Waals surface area contributed by atoms with Gasteiger partial charge in [0, 0.05) is 43.0 Å². The van der Waals surface area contributed by atoms with Crippen LogP contribution in [-0.2, 0) is 19.2 Å². The van der Waals surface area contributed by atoms with Crippen molar-refractivity contribution in [3.05, 3.63) is 0 Å². The lowest BCUT2D eigenvalue weighted by Gasteiger charge is -2.58. The molecule has 7 heteroatoms. The second-order valence-corrected chi connectivity index (χ2v) is 13.6. The quantitative estimate of drug-likeness (QED) is 0.555. The summed E-state index contributed by atoms with van der Waals surface area (Å²) in [6.45, 7) is 7.44. The lowest BCUT2D eigenvalue weighted by Crippen LogP contribution is -2.60. The largest absolute Gasteiger partial charge is 0.550 e. The molecule has 204 valence electrons. The van der Waals surface area contributed by atoms with Gasteiger partial charge in [-0.25, -0.2) is 0 Å². The van der Waals surface area contributed by atoms with Gasteiger partial charge in [0.05, 0.1) is 27.7 Å². The summed E-state index contributed by atoms with van der Waals surface area (Å²) in [4.78, 5) is 49.8. The number of Topliss-reactive ketones (excluding diaryl/α,β-unsaturated/α-hetero) is 3. The summed E-state index contributed by atoms with van der Waals surface area (Å²) in [5.74, 6) is 0.130. The van der Waals surface area contributed by atoms with E-state index in [2.05, 4.69) is 35.0 Å². The summed E-state index contributed by atoms with van der Waals surface area (Å²) in [6.07, 6.45) is 5.08. The third kappa shape index (κ3) is 5.47. The van der Waals surface area contributed by atoms with Crippen LogP contribution in [0.5, 0.6) is 0 Å². The fourth-order valence-electron chi connectivity index (χ4n) is 8.24. The van der Waals surface area contributed by atoms with Crippen LogP contribution in [0.4, 0.5) is 0 Å². The third-order valence-electron chi connectivity index (χ3n) is 10.5. The number of fused-ring (bicyclic) bond motifs is 5. The van der Waals surface area contributed by atoms with Gasteiger partial charge in [-0.15, -0.1) is 0 Å². The molecule has 4 saturated carbocycles. The van der Waals surface area contributed by atoms with Crippen LogP contribution in [0, 0.1) is 46.3 Å². The van der Waals surface area contributed by atoms with Crippen molar-refractivity contribution in [2.24, 2.45) is 46.3 Å². The zero-order valence-electron chi connectivity index (χ0n) is 23.2. The van der Waals surface area contributed by atoms with Gasteiger partial charge in [0.1, 0.15) is 23.9 Å². The van der Waals surface area contributed by atoms with Crippen LogP contribution in [0.2, 0.25) is 0 Å². The monoisotopic (exact) mass is 505 g/mol. The number of carbonyl (C=O) groups excluding carboxylic acids is 4. The Bertz CT molecular complexity index is 877. The average molecular weight is 506 g/mol. The molecule has 8 atom stereocenters. The number of aliphatic carboxylic acids is 1. The molecule has 0 aromatic carbocycles. The molecule has 0 amide bonds. The van der Waals surface area contributed by atoms with E-state index in [9.17, 15) is 24.3 Å². The first-order chi connectivity index (χ1) is 16.6. The highest BCUT2D eigenvalue weighted by Crippen LogP contribution is 2.66. The topological polar surface area (TPSA) is 112 Å². The Balaban J connectivity index is 0.000000454. The number of ketones is 3. The number of hydrogen-bond acceptors (Lipinski definition) is 6. The Morgan fingerprint density at radius 3 is 2.31 bits per heavy atom. The van der Waals surface area contributed by atoms with Crippen LogP contribution in [0.3, 0.4) is 0 Å². The minimum absolute atomic E-state index is 0.0192. The maximum atomic E-state index is 13.6. The molecule has 0 aromatic heterocycles. The van der Waals surface area contributed by atoms with Crippen LogP contribution in [0.1, 0.15) is 78.6 Å². The molecule has 0 saturated heterocycles. The number of carbonyl (C=O) groups is 4. The molecule has 0 unspecified atom stereocenters. The van der Waals surface area contributed by atoms with Crippen molar-refractivity contribution in [2.75, 3.05) is 34.3 Å². The molecule has 0 heterocycles. The van der Waals surface area contributed by atoms with Crippen molar-refractivity contribution in [3.8, 4) is 0 Å². The number of likely N-dealkylation sites (N-methyl/N-ethyl adjacent to an activating group) is 1. The van der Waals surface area contributed by atoms with E-state index in [0.29, 0.717) is 32.1 Å². The number of aliphatic hydroxyl groups excluding tert-OH is 1. The van der Waals surface area contributed by atoms with Crippen molar-refractivity contribution < 1.29 is 33.9 Å². The lowest BCUT2D eigenvalue weighted by molar-refractivity contribution is -0.870. The molecular formula is C29H47NO6. The van der Waals surface area contributed by atoms with Crippen molar-refractivity contribution in [2.45, 2.75) is 78.6 Å². The van der Waals surface area contributed by atoms with Gasteiger partial charge in [-0.2, -0.15) is 0 Å². The van der Waals surface area contributed by atoms with E-state index >= 15 is 0 Å². The Morgan fingerprint density at radius 1 is 1.08 bits per heavy atom. The van der Waals surface area contributed by atoms with Gasteiger partial charge in [0.2, 0.25) is 0 Å². The number of quaternary nitrogens is 1. The highest BCUT2D eigenvalue weighted by molar-refractivity contribution is 5.93. The predicted octanol–water partition coefficient (Wildman–Crippen LogP) is 2.42. The summed E-state index contributed by atoms with van der Waals surface area (Å²) < 4.78 is 0.844. The Morgan fingerprint density at radius 2 is 1.75 bits per heavy atom. The van der Waals surface area contributed by atoms with Crippen LogP contribution in [-0.4, -0.2) is 67.2 Å². The SMILES string of the molecule is C[C@H](CCC(=O)[O-])[C@H]1CC[C@H]2[C@@H]3C(=O)C[C@@H]4CC(=O)CC[C@]4(C)[C@H]3CC(=O)[C@]12C.C[N+](C)(C)CCO. The van der Waals surface area contributed by atoms with Gasteiger partial charge >= 0.3 is 0 Å². The zero-order chi connectivity index (χ0) is 27.1. The molecule has 0 radical (unpaired) electrons. The summed E-state index contributed by atoms with van der Waals surface area (Å²) in [6, 6.07) is 0. The summed E-state index contributed by atoms with van der Waals surface area (Å²) >= 11 is 0. The molecule has 0 aromatic rings. The van der Waals surface area contributed by atoms with Gasteiger partial charge < -0.3 is 19.5 Å². The highest BCUT2D eigenvalue weighted by atomic mass is 16.4. The Kier molecular flexibility index (Phi) is 8.56. The van der Waals surface area contributed by atoms with Crippen LogP contribution in [0.15, 0.2) is 0 Å². The molecular weight excluding hydrogens is 458 g/mol. The van der Waals surface area contributed by atoms with E-state index in [-0.39, 0.29) is 71.3 Å². The Labute approximate surface area is 216 Å². The lowest BCUT2D eigenvalue weighted by atomic mass is 9.44. The van der Waals surface area contributed by atoms with Gasteiger partial charge in [-0.05, 0) is 67.1 Å². The third-order valence-corrected chi connectivity index (χ3v) is 10.5. The fourth-order valence-corrected chi connectivity index (χ4v) is 8.24. The molecule has 4 aliphatic carbocycles. The maximum absolute atomic E-state index is 13.6. The fraction of sp³-hybridized carbons (Fsp3) is 0.862. The first-order valence-electron chi connectivity index (χ1n) is 13.8. The zero-order valence-corrected chi connectivity index (χ0v) is 23.2. The van der Waals surface area contributed by atoms with Gasteiger partial charge in [0.15, 0.2) is 0 Å². The molecule has 4 fully saturated rings. The summed E-state index contributed by atoms with van der Waals surface area (Å²) in [7, 11) is 6.16. The molecule has 4 rings (SSSR count). The average Bonchev–Trinajstić information content (AvgIpc) is 3.12. The van der Waals surface area contributed by atoms with Crippen LogP contribution in [0.25, 0.3) is 0 Å². The number of carboxylic acids is 1. The summed E-state index contributed by atoms with van der Waals surface area (Å²) in [5, 5.41) is 19.3. The molecule has 7 nitrogen and oxygen atoms in total. The van der Waals surface area contributed by atoms with E-state index in [1.165, 1.54) is 0 Å². The first-order valence-corrected chi connectivity index (χ1v) is 13.8. The van der Waals surface area contributed by atoms with E-state index in [1.54, 1.807) is 0 Å². The molecule has 0 spiro atoms. The van der Waals surface area contributed by atoms with Crippen molar-refractivity contribution in [3.63, 3.8) is 0 Å². The Hall–Kier alpha value is -1.60. The van der Waals surface area contributed by atoms with Crippen molar-refractivity contribution in [1.82, 2.24) is 0 Å². The minimum Gasteiger partial charge on any atom is -0.550 e. The smallest absolute Gasteiger partial charge is 0.139 e. The van der Waals surface area contributed by atoms with Crippen molar-refractivity contribution in [1.29, 1.82) is 0 Å². The number of carboxylic acid groups (broad SMARTS) is 1. The maximum Gasteiger partial charge on any atom is 0.139 e. The van der Waals surface area contributed by atoms with E-state index in [4.69, 9.17) is 5.11 Å². The number of nitrogens with zero attached hydrogens (tertiary/aromatic N) is 1. The van der Waals surface area contributed by atoms with Crippen molar-refractivity contribution >= 4 is 23.3 Å². The number of aliphatic hydroxyl groups is 1. The first kappa shape index (κ1) is 29.0. The second-order valence-electron chi connectivity index (χ2n) is 13.6. The van der Waals surface area contributed by atoms with Gasteiger partial charge in [-0.1, -0.05) is 20.8 Å². The minimum atomic E-state index is -1.04. The molecule has 1 N–H and O–H groups in total. The van der Waals surface area contributed by atoms with Crippen LogP contribution < -0.4 is 5.11 Å². The normalized spacial score (nSPS) is 38.9. The predicted molar refractivity (Wildman–Crippen MR) is 134 cm³/mol. The van der Waals surface area contributed by atoms with E-state index in [0.717, 1.165) is 30.3 Å². The molecule has 4 aliphatic rings. The number of hydrogen-bond donors (Lipinski definition) is 1. The van der Waals surface area contributed by atoms with Gasteiger partial charge in [0.25, 0.3) is 0 Å².